The van der Waals surface area contributed by atoms with Gasteiger partial charge in [-0.3, -0.25) is 4.52 Å². The van der Waals surface area contributed by atoms with Crippen LogP contribution in [0.3, 0.4) is 0 Å². The predicted molar refractivity (Wildman–Crippen MR) is 45.8 cm³/mol. The van der Waals surface area contributed by atoms with Gasteiger partial charge >= 0.3 is 7.82 Å². The maximum atomic E-state index is 13.1. The van der Waals surface area contributed by atoms with Crippen molar-refractivity contribution in [1.29, 1.82) is 0 Å². The van der Waals surface area contributed by atoms with Crippen LogP contribution in [0.4, 0.5) is 4.39 Å². The van der Waals surface area contributed by atoms with E-state index in [1.165, 1.54) is 0 Å². The molecule has 0 aliphatic carbocycles. The van der Waals surface area contributed by atoms with E-state index in [1.54, 1.807) is 0 Å². The minimum absolute atomic E-state index is 0.810. The van der Waals surface area contributed by atoms with Crippen LogP contribution >= 0.6 is 7.82 Å². The summed E-state index contributed by atoms with van der Waals surface area (Å²) < 4.78 is 32.0. The third-order valence-corrected chi connectivity index (χ3v) is 2.53. The zero-order valence-electron chi connectivity index (χ0n) is 7.88. The van der Waals surface area contributed by atoms with Crippen molar-refractivity contribution in [3.63, 3.8) is 0 Å². The van der Waals surface area contributed by atoms with Gasteiger partial charge < -0.3 is 29.8 Å². The fourth-order valence-corrected chi connectivity index (χ4v) is 1.55. The molecule has 0 spiro atoms. The molecule has 1 aliphatic heterocycles. The summed E-state index contributed by atoms with van der Waals surface area (Å²) in [6.45, 7) is -0.810. The van der Waals surface area contributed by atoms with E-state index in [4.69, 9.17) is 20.0 Å². The molecule has 0 aromatic heterocycles. The molecule has 1 heterocycles. The topological polar surface area (TPSA) is 137 Å². The number of aliphatic hydroxyl groups is 3. The molecule has 1 aliphatic rings. The molecule has 0 radical (unpaired) electrons. The molecule has 5 atom stereocenters. The van der Waals surface area contributed by atoms with Gasteiger partial charge in [0.25, 0.3) is 0 Å². The lowest BCUT2D eigenvalue weighted by atomic mass is 10.0. The van der Waals surface area contributed by atoms with Crippen molar-refractivity contribution in [1.82, 2.24) is 0 Å². The zero-order valence-corrected chi connectivity index (χ0v) is 8.77. The summed E-state index contributed by atoms with van der Waals surface area (Å²) in [6.07, 6.45) is -9.30. The minimum Gasteiger partial charge on any atom is -0.387 e. The van der Waals surface area contributed by atoms with E-state index in [-0.39, 0.29) is 0 Å². The van der Waals surface area contributed by atoms with Crippen molar-refractivity contribution in [2.45, 2.75) is 30.8 Å². The first-order chi connectivity index (χ1) is 7.22. The number of hydrogen-bond donors (Lipinski definition) is 5. The standard InChI is InChI=1S/C6H12FO8P/c7-3-4(8)2(1-14-16(11,12)13)15-6(10)5(3)9/h2-6,8-10H,1H2,(H2,11,12,13)/t2-,3+,4-,5-,6?/m1/s1. The Morgan fingerprint density at radius 2 is 1.81 bits per heavy atom. The summed E-state index contributed by atoms with van der Waals surface area (Å²) in [5, 5.41) is 27.2. The van der Waals surface area contributed by atoms with Crippen molar-refractivity contribution >= 4 is 7.82 Å². The van der Waals surface area contributed by atoms with Gasteiger partial charge in [0.1, 0.15) is 18.3 Å². The number of phosphoric ester groups is 1. The number of hydrogen-bond acceptors (Lipinski definition) is 6. The lowest BCUT2D eigenvalue weighted by Crippen LogP contribution is -2.56. The molecule has 0 saturated carbocycles. The normalized spacial score (nSPS) is 41.0. The Kier molecular flexibility index (Phi) is 4.38. The molecule has 0 aromatic rings. The number of halogens is 1. The van der Waals surface area contributed by atoms with Crippen LogP contribution in [0.1, 0.15) is 0 Å². The summed E-state index contributed by atoms with van der Waals surface area (Å²) in [5.74, 6) is 0. The summed E-state index contributed by atoms with van der Waals surface area (Å²) >= 11 is 0. The molecular weight excluding hydrogens is 250 g/mol. The third-order valence-electron chi connectivity index (χ3n) is 2.05. The second kappa shape index (κ2) is 5.03. The summed E-state index contributed by atoms with van der Waals surface area (Å²) in [7, 11) is -4.77. The molecule has 10 heteroatoms. The summed E-state index contributed by atoms with van der Waals surface area (Å²) in [6, 6.07) is 0. The van der Waals surface area contributed by atoms with Gasteiger partial charge in [-0.25, -0.2) is 8.96 Å². The Balaban J connectivity index is 2.57. The van der Waals surface area contributed by atoms with Gasteiger partial charge in [0.2, 0.25) is 0 Å². The van der Waals surface area contributed by atoms with E-state index < -0.39 is 45.2 Å². The van der Waals surface area contributed by atoms with Crippen LogP contribution in [0.5, 0.6) is 0 Å². The smallest absolute Gasteiger partial charge is 0.387 e. The second-order valence-electron chi connectivity index (χ2n) is 3.28. The Bertz CT molecular complexity index is 282. The lowest BCUT2D eigenvalue weighted by Gasteiger charge is -2.36. The van der Waals surface area contributed by atoms with Gasteiger partial charge in [-0.1, -0.05) is 0 Å². The molecule has 1 saturated heterocycles. The molecule has 16 heavy (non-hydrogen) atoms. The van der Waals surface area contributed by atoms with E-state index in [0.717, 1.165) is 0 Å². The van der Waals surface area contributed by atoms with E-state index in [0.29, 0.717) is 0 Å². The molecule has 1 fully saturated rings. The number of rotatable bonds is 3. The van der Waals surface area contributed by atoms with E-state index >= 15 is 0 Å². The lowest BCUT2D eigenvalue weighted by molar-refractivity contribution is -0.273. The predicted octanol–water partition coefficient (Wildman–Crippen LogP) is -2.13. The van der Waals surface area contributed by atoms with Crippen molar-refractivity contribution in [3.8, 4) is 0 Å². The molecule has 5 N–H and O–H groups in total. The van der Waals surface area contributed by atoms with Crippen molar-refractivity contribution in [2.24, 2.45) is 0 Å². The summed E-state index contributed by atoms with van der Waals surface area (Å²) in [4.78, 5) is 16.7. The highest BCUT2D eigenvalue weighted by atomic mass is 31.2. The number of ether oxygens (including phenoxy) is 1. The van der Waals surface area contributed by atoms with Gasteiger partial charge in [-0.2, -0.15) is 0 Å². The number of phosphoric acid groups is 1. The van der Waals surface area contributed by atoms with E-state index in [2.05, 4.69) is 9.26 Å². The molecule has 1 unspecified atom stereocenters. The fraction of sp³-hybridized carbons (Fsp3) is 1.00. The van der Waals surface area contributed by atoms with Gasteiger partial charge in [0, 0.05) is 0 Å². The van der Waals surface area contributed by atoms with Crippen LogP contribution in [0.2, 0.25) is 0 Å². The molecule has 0 aromatic carbocycles. The first-order valence-electron chi connectivity index (χ1n) is 4.26. The summed E-state index contributed by atoms with van der Waals surface area (Å²) in [5.41, 5.74) is 0. The minimum atomic E-state index is -4.77. The SMILES string of the molecule is O=P(O)(O)OC[C@H]1OC(O)[C@H](O)[C@@H](F)[C@@H]1O. The van der Waals surface area contributed by atoms with Crippen LogP contribution in [0.15, 0.2) is 0 Å². The maximum Gasteiger partial charge on any atom is 0.469 e. The second-order valence-corrected chi connectivity index (χ2v) is 4.52. The molecule has 1 rings (SSSR count). The average molecular weight is 262 g/mol. The number of alkyl halides is 1. The van der Waals surface area contributed by atoms with Crippen LogP contribution in [0, 0.1) is 0 Å². The third kappa shape index (κ3) is 3.44. The van der Waals surface area contributed by atoms with Gasteiger partial charge in [-0.15, -0.1) is 0 Å². The highest BCUT2D eigenvalue weighted by Gasteiger charge is 2.44. The Labute approximate surface area is 89.5 Å². The van der Waals surface area contributed by atoms with Crippen LogP contribution in [-0.4, -0.2) is 62.5 Å². The largest absolute Gasteiger partial charge is 0.469 e. The van der Waals surface area contributed by atoms with Crippen molar-refractivity contribution in [2.75, 3.05) is 6.61 Å². The fourth-order valence-electron chi connectivity index (χ4n) is 1.21. The highest BCUT2D eigenvalue weighted by Crippen LogP contribution is 2.37. The van der Waals surface area contributed by atoms with Crippen LogP contribution in [-0.2, 0) is 13.8 Å². The zero-order chi connectivity index (χ0) is 12.5. The van der Waals surface area contributed by atoms with Gasteiger partial charge in [-0.05, 0) is 0 Å². The molecule has 96 valence electrons. The van der Waals surface area contributed by atoms with E-state index in [9.17, 15) is 14.1 Å². The molecule has 0 bridgehead atoms. The molecular formula is C6H12FO8P. The van der Waals surface area contributed by atoms with Gasteiger partial charge in [0.15, 0.2) is 12.5 Å². The van der Waals surface area contributed by atoms with Crippen LogP contribution in [0.25, 0.3) is 0 Å². The average Bonchev–Trinajstić information content (AvgIpc) is 2.17. The quantitative estimate of drug-likeness (QED) is 0.364. The van der Waals surface area contributed by atoms with E-state index in [1.807, 2.05) is 0 Å². The first kappa shape index (κ1) is 13.9. The Hall–Kier alpha value is -0.120. The van der Waals surface area contributed by atoms with Gasteiger partial charge in [0.05, 0.1) is 6.61 Å². The maximum absolute atomic E-state index is 13.1. The first-order valence-corrected chi connectivity index (χ1v) is 5.79. The highest BCUT2D eigenvalue weighted by molar-refractivity contribution is 7.46. The monoisotopic (exact) mass is 262 g/mol. The number of aliphatic hydroxyl groups excluding tert-OH is 3. The molecule has 8 nitrogen and oxygen atoms in total. The Morgan fingerprint density at radius 3 is 2.31 bits per heavy atom. The Morgan fingerprint density at radius 1 is 1.25 bits per heavy atom. The molecule has 0 amide bonds. The van der Waals surface area contributed by atoms with Crippen molar-refractivity contribution < 1.29 is 43.3 Å². The van der Waals surface area contributed by atoms with Crippen LogP contribution < -0.4 is 0 Å². The van der Waals surface area contributed by atoms with Crippen molar-refractivity contribution in [3.05, 3.63) is 0 Å².